The van der Waals surface area contributed by atoms with Crippen LogP contribution in [0.5, 0.6) is 0 Å². The highest BCUT2D eigenvalue weighted by atomic mass is 35.5. The van der Waals surface area contributed by atoms with Gasteiger partial charge in [0.1, 0.15) is 0 Å². The van der Waals surface area contributed by atoms with E-state index in [9.17, 15) is 4.79 Å². The number of rotatable bonds is 6. The van der Waals surface area contributed by atoms with Crippen molar-refractivity contribution in [2.24, 2.45) is 11.3 Å². The Morgan fingerprint density at radius 1 is 1.47 bits per heavy atom. The molecule has 0 rings (SSSR count). The topological polar surface area (TPSA) is 26.3 Å². The molecule has 0 unspecified atom stereocenters. The predicted octanol–water partition coefficient (Wildman–Crippen LogP) is 3.74. The standard InChI is InChI=1S/C12H21ClO2/c1-5-12(10(3)4,8-7-9-13)11(14)15-6-2/h7,9-10H,5-6,8H2,1-4H3/t12-/m0/s1. The first-order valence-corrected chi connectivity index (χ1v) is 5.91. The first-order chi connectivity index (χ1) is 7.05. The van der Waals surface area contributed by atoms with Crippen LogP contribution in [0.25, 0.3) is 0 Å². The maximum absolute atomic E-state index is 11.9. The normalized spacial score (nSPS) is 15.6. The van der Waals surface area contributed by atoms with Crippen LogP contribution in [-0.2, 0) is 9.53 Å². The van der Waals surface area contributed by atoms with Gasteiger partial charge in [0.2, 0.25) is 0 Å². The number of hydrogen-bond acceptors (Lipinski definition) is 2. The Kier molecular flexibility index (Phi) is 6.66. The van der Waals surface area contributed by atoms with Crippen molar-refractivity contribution in [3.05, 3.63) is 11.6 Å². The summed E-state index contributed by atoms with van der Waals surface area (Å²) in [6.45, 7) is 8.36. The van der Waals surface area contributed by atoms with Gasteiger partial charge < -0.3 is 4.74 Å². The molecule has 0 aliphatic rings. The largest absolute Gasteiger partial charge is 0.466 e. The van der Waals surface area contributed by atoms with Crippen LogP contribution < -0.4 is 0 Å². The van der Waals surface area contributed by atoms with Gasteiger partial charge >= 0.3 is 5.97 Å². The summed E-state index contributed by atoms with van der Waals surface area (Å²) in [6, 6.07) is 0. The lowest BCUT2D eigenvalue weighted by atomic mass is 9.72. The fourth-order valence-electron chi connectivity index (χ4n) is 1.78. The number of halogens is 1. The van der Waals surface area contributed by atoms with Crippen LogP contribution in [0, 0.1) is 11.3 Å². The summed E-state index contributed by atoms with van der Waals surface area (Å²) in [7, 11) is 0. The minimum Gasteiger partial charge on any atom is -0.466 e. The average molecular weight is 233 g/mol. The second-order valence-corrected chi connectivity index (χ2v) is 4.20. The van der Waals surface area contributed by atoms with Crippen molar-refractivity contribution in [3.63, 3.8) is 0 Å². The van der Waals surface area contributed by atoms with E-state index in [2.05, 4.69) is 0 Å². The van der Waals surface area contributed by atoms with E-state index in [4.69, 9.17) is 16.3 Å². The number of esters is 1. The molecule has 0 aromatic rings. The maximum atomic E-state index is 11.9. The molecule has 0 saturated heterocycles. The number of hydrogen-bond donors (Lipinski definition) is 0. The minimum absolute atomic E-state index is 0.114. The van der Waals surface area contributed by atoms with Crippen LogP contribution in [0.1, 0.15) is 40.5 Å². The fourth-order valence-corrected chi connectivity index (χ4v) is 1.87. The predicted molar refractivity (Wildman–Crippen MR) is 63.8 cm³/mol. The highest BCUT2D eigenvalue weighted by molar-refractivity contribution is 6.25. The molecule has 0 bridgehead atoms. The van der Waals surface area contributed by atoms with Crippen molar-refractivity contribution in [2.75, 3.05) is 6.61 Å². The summed E-state index contributed by atoms with van der Waals surface area (Å²) < 4.78 is 5.14. The van der Waals surface area contributed by atoms with Crippen molar-refractivity contribution in [3.8, 4) is 0 Å². The van der Waals surface area contributed by atoms with Crippen LogP contribution >= 0.6 is 11.6 Å². The summed E-state index contributed by atoms with van der Waals surface area (Å²) in [5, 5.41) is 0. The van der Waals surface area contributed by atoms with Gasteiger partial charge in [-0.1, -0.05) is 38.4 Å². The van der Waals surface area contributed by atoms with E-state index in [1.165, 1.54) is 5.54 Å². The third kappa shape index (κ3) is 3.53. The molecule has 1 atom stereocenters. The molecule has 0 spiro atoms. The zero-order valence-corrected chi connectivity index (χ0v) is 10.8. The van der Waals surface area contributed by atoms with Gasteiger partial charge in [-0.05, 0) is 25.7 Å². The molecule has 0 saturated carbocycles. The molecule has 0 aromatic carbocycles. The molecule has 88 valence electrons. The minimum atomic E-state index is -0.429. The summed E-state index contributed by atoms with van der Waals surface area (Å²) in [5.74, 6) is 0.131. The Balaban J connectivity index is 4.87. The first-order valence-electron chi connectivity index (χ1n) is 5.47. The number of ether oxygens (including phenoxy) is 1. The summed E-state index contributed by atoms with van der Waals surface area (Å²) in [6.07, 6.45) is 3.23. The Morgan fingerprint density at radius 3 is 2.40 bits per heavy atom. The van der Waals surface area contributed by atoms with Crippen molar-refractivity contribution in [2.45, 2.75) is 40.5 Å². The van der Waals surface area contributed by atoms with Crippen LogP contribution in [0.2, 0.25) is 0 Å². The van der Waals surface area contributed by atoms with E-state index in [0.717, 1.165) is 6.42 Å². The van der Waals surface area contributed by atoms with Gasteiger partial charge in [-0.3, -0.25) is 4.79 Å². The molecule has 0 fully saturated rings. The lowest BCUT2D eigenvalue weighted by molar-refractivity contribution is -0.158. The summed E-state index contributed by atoms with van der Waals surface area (Å²) >= 11 is 5.52. The summed E-state index contributed by atoms with van der Waals surface area (Å²) in [5.41, 5.74) is 1.04. The Labute approximate surface area is 97.6 Å². The maximum Gasteiger partial charge on any atom is 0.312 e. The van der Waals surface area contributed by atoms with Crippen LogP contribution in [0.4, 0.5) is 0 Å². The molecule has 15 heavy (non-hydrogen) atoms. The number of carbonyl (C=O) groups is 1. The third-order valence-corrected chi connectivity index (χ3v) is 3.17. The molecule has 0 N–H and O–H groups in total. The van der Waals surface area contributed by atoms with Gasteiger partial charge in [-0.15, -0.1) is 0 Å². The molecule has 3 heteroatoms. The quantitative estimate of drug-likeness (QED) is 0.652. The van der Waals surface area contributed by atoms with Crippen LogP contribution in [0.3, 0.4) is 0 Å². The zero-order chi connectivity index (χ0) is 11.9. The Hall–Kier alpha value is -0.500. The first kappa shape index (κ1) is 14.5. The van der Waals surface area contributed by atoms with E-state index < -0.39 is 5.41 Å². The molecule has 0 aromatic heterocycles. The monoisotopic (exact) mass is 232 g/mol. The van der Waals surface area contributed by atoms with E-state index >= 15 is 0 Å². The second kappa shape index (κ2) is 6.89. The van der Waals surface area contributed by atoms with Gasteiger partial charge in [0, 0.05) is 5.54 Å². The van der Waals surface area contributed by atoms with Crippen molar-refractivity contribution >= 4 is 17.6 Å². The van der Waals surface area contributed by atoms with E-state index in [0.29, 0.717) is 13.0 Å². The second-order valence-electron chi connectivity index (χ2n) is 3.95. The SMILES string of the molecule is CCOC(=O)[C@@](CC)(CC=CCl)C(C)C. The van der Waals surface area contributed by atoms with Crippen molar-refractivity contribution in [1.29, 1.82) is 0 Å². The molecule has 0 radical (unpaired) electrons. The van der Waals surface area contributed by atoms with Gasteiger partial charge in [-0.25, -0.2) is 0 Å². The highest BCUT2D eigenvalue weighted by Gasteiger charge is 2.40. The molecule has 0 aliphatic carbocycles. The van der Waals surface area contributed by atoms with Crippen molar-refractivity contribution in [1.82, 2.24) is 0 Å². The average Bonchev–Trinajstić information content (AvgIpc) is 2.19. The Morgan fingerprint density at radius 2 is 2.07 bits per heavy atom. The molecule has 0 aliphatic heterocycles. The lowest BCUT2D eigenvalue weighted by Gasteiger charge is -2.33. The molecular weight excluding hydrogens is 212 g/mol. The lowest BCUT2D eigenvalue weighted by Crippen LogP contribution is -2.37. The zero-order valence-electron chi connectivity index (χ0n) is 10.0. The molecular formula is C12H21ClO2. The van der Waals surface area contributed by atoms with E-state index in [-0.39, 0.29) is 11.9 Å². The van der Waals surface area contributed by atoms with Crippen molar-refractivity contribution < 1.29 is 9.53 Å². The van der Waals surface area contributed by atoms with E-state index in [1.54, 1.807) is 0 Å². The molecule has 2 nitrogen and oxygen atoms in total. The van der Waals surface area contributed by atoms with E-state index in [1.807, 2.05) is 33.8 Å². The summed E-state index contributed by atoms with van der Waals surface area (Å²) in [4.78, 5) is 11.9. The highest BCUT2D eigenvalue weighted by Crippen LogP contribution is 2.37. The smallest absolute Gasteiger partial charge is 0.312 e. The third-order valence-electron chi connectivity index (χ3n) is 2.99. The van der Waals surface area contributed by atoms with Gasteiger partial charge in [0.05, 0.1) is 12.0 Å². The molecule has 0 heterocycles. The number of carbonyl (C=O) groups excluding carboxylic acids is 1. The molecule has 0 amide bonds. The fraction of sp³-hybridized carbons (Fsp3) is 0.750. The van der Waals surface area contributed by atoms with Crippen LogP contribution in [0.15, 0.2) is 11.6 Å². The number of allylic oxidation sites excluding steroid dienone is 1. The van der Waals surface area contributed by atoms with Gasteiger partial charge in [-0.2, -0.15) is 0 Å². The van der Waals surface area contributed by atoms with Gasteiger partial charge in [0.15, 0.2) is 0 Å². The Bertz CT molecular complexity index is 224. The van der Waals surface area contributed by atoms with Crippen LogP contribution in [-0.4, -0.2) is 12.6 Å². The van der Waals surface area contributed by atoms with Gasteiger partial charge in [0.25, 0.3) is 0 Å².